The first-order valence-corrected chi connectivity index (χ1v) is 8.72. The van der Waals surface area contributed by atoms with Crippen molar-refractivity contribution in [3.05, 3.63) is 24.0 Å². The van der Waals surface area contributed by atoms with Gasteiger partial charge in [-0.2, -0.15) is 0 Å². The van der Waals surface area contributed by atoms with Gasteiger partial charge in [-0.15, -0.1) is 0 Å². The Hall–Kier alpha value is -1.66. The highest BCUT2D eigenvalue weighted by Crippen LogP contribution is 2.54. The van der Waals surface area contributed by atoms with Crippen LogP contribution in [0.2, 0.25) is 0 Å². The van der Waals surface area contributed by atoms with Crippen molar-refractivity contribution in [2.45, 2.75) is 65.0 Å². The summed E-state index contributed by atoms with van der Waals surface area (Å²) in [6.07, 6.45) is 1.76. The normalized spacial score (nSPS) is 36.5. The topological polar surface area (TPSA) is 71.1 Å². The van der Waals surface area contributed by atoms with Crippen LogP contribution >= 0.6 is 0 Å². The van der Waals surface area contributed by atoms with E-state index >= 15 is 0 Å². The van der Waals surface area contributed by atoms with Gasteiger partial charge in [0.05, 0.1) is 12.2 Å². The van der Waals surface area contributed by atoms with Crippen LogP contribution in [0.5, 0.6) is 0 Å². The molecule has 0 unspecified atom stereocenters. The van der Waals surface area contributed by atoms with Crippen LogP contribution in [0.25, 0.3) is 0 Å². The molecule has 6 nitrogen and oxygen atoms in total. The average Bonchev–Trinajstić information content (AvgIpc) is 2.82. The number of rotatable bonds is 3. The molecule has 0 spiro atoms. The van der Waals surface area contributed by atoms with Gasteiger partial charge in [0.2, 0.25) is 0 Å². The second-order valence-corrected chi connectivity index (χ2v) is 7.72. The van der Waals surface area contributed by atoms with E-state index in [9.17, 15) is 9.59 Å². The van der Waals surface area contributed by atoms with Gasteiger partial charge in [0.15, 0.2) is 5.79 Å². The minimum Gasteiger partial charge on any atom is -0.430 e. The lowest BCUT2D eigenvalue weighted by molar-refractivity contribution is -0.151. The van der Waals surface area contributed by atoms with Crippen LogP contribution in [0.4, 0.5) is 4.79 Å². The number of hydrogen-bond donors (Lipinski definition) is 0. The lowest BCUT2D eigenvalue weighted by atomic mass is 9.57. The number of allylic oxidation sites excluding steroid dienone is 1. The zero-order chi connectivity index (χ0) is 18.4. The van der Waals surface area contributed by atoms with Crippen molar-refractivity contribution >= 4 is 11.9 Å². The maximum atomic E-state index is 12.8. The monoisotopic (exact) mass is 350 g/mol. The predicted molar refractivity (Wildman–Crippen MR) is 89.6 cm³/mol. The van der Waals surface area contributed by atoms with Gasteiger partial charge in [0.1, 0.15) is 18.1 Å². The molecule has 0 radical (unpaired) electrons. The van der Waals surface area contributed by atoms with Crippen LogP contribution in [-0.2, 0) is 23.7 Å². The molecular formula is C19H26O6. The second kappa shape index (κ2) is 6.25. The van der Waals surface area contributed by atoms with Crippen LogP contribution in [0.1, 0.15) is 47.0 Å². The van der Waals surface area contributed by atoms with Crippen molar-refractivity contribution in [3.8, 4) is 0 Å². The Bertz CT molecular complexity index is 634. The van der Waals surface area contributed by atoms with E-state index in [2.05, 4.69) is 6.58 Å². The number of ketones is 1. The molecule has 1 saturated carbocycles. The van der Waals surface area contributed by atoms with Gasteiger partial charge < -0.3 is 18.9 Å². The highest BCUT2D eigenvalue weighted by Gasteiger charge is 2.60. The summed E-state index contributed by atoms with van der Waals surface area (Å²) in [6, 6.07) is 0. The zero-order valence-corrected chi connectivity index (χ0v) is 15.3. The third kappa shape index (κ3) is 3.13. The molecule has 3 rings (SSSR count). The van der Waals surface area contributed by atoms with E-state index < -0.39 is 17.4 Å². The van der Waals surface area contributed by atoms with E-state index in [1.807, 2.05) is 27.7 Å². The molecule has 6 heteroatoms. The molecule has 0 N–H and O–H groups in total. The summed E-state index contributed by atoms with van der Waals surface area (Å²) in [5, 5.41) is 0. The van der Waals surface area contributed by atoms with E-state index in [4.69, 9.17) is 18.9 Å². The molecule has 0 bridgehead atoms. The summed E-state index contributed by atoms with van der Waals surface area (Å²) in [4.78, 5) is 24.6. The zero-order valence-electron chi connectivity index (χ0n) is 15.3. The fourth-order valence-corrected chi connectivity index (χ4v) is 4.41. The molecule has 0 amide bonds. The van der Waals surface area contributed by atoms with Gasteiger partial charge in [-0.3, -0.25) is 4.79 Å². The number of hydrogen-bond acceptors (Lipinski definition) is 6. The minimum absolute atomic E-state index is 0.0978. The molecule has 138 valence electrons. The number of carbonyl (C=O) groups is 2. The third-order valence-corrected chi connectivity index (χ3v) is 5.56. The highest BCUT2D eigenvalue weighted by molar-refractivity contribution is 5.87. The van der Waals surface area contributed by atoms with Crippen molar-refractivity contribution in [2.75, 3.05) is 6.61 Å². The van der Waals surface area contributed by atoms with Gasteiger partial charge in [0, 0.05) is 24.2 Å². The highest BCUT2D eigenvalue weighted by atomic mass is 16.8. The van der Waals surface area contributed by atoms with Gasteiger partial charge in [0.25, 0.3) is 0 Å². The van der Waals surface area contributed by atoms with E-state index in [1.54, 1.807) is 0 Å². The second-order valence-electron chi connectivity index (χ2n) is 7.72. The smallest absolute Gasteiger partial charge is 0.430 e. The molecule has 0 aromatic carbocycles. The Balaban J connectivity index is 1.90. The van der Waals surface area contributed by atoms with Crippen LogP contribution < -0.4 is 0 Å². The fourth-order valence-electron chi connectivity index (χ4n) is 4.41. The van der Waals surface area contributed by atoms with Gasteiger partial charge in [-0.25, -0.2) is 4.79 Å². The molecule has 25 heavy (non-hydrogen) atoms. The van der Waals surface area contributed by atoms with Crippen LogP contribution in [-0.4, -0.2) is 36.5 Å². The SMILES string of the molecule is C=CCOC(=O)OC1=C(C)[C@H]2[C@@H]3OC(C)(C)O[C@H]3CC(=O)[C@]2(C)CC1. The number of fused-ring (bicyclic) bond motifs is 3. The van der Waals surface area contributed by atoms with Gasteiger partial charge >= 0.3 is 6.16 Å². The predicted octanol–water partition coefficient (Wildman–Crippen LogP) is 3.51. The third-order valence-electron chi connectivity index (χ3n) is 5.56. The summed E-state index contributed by atoms with van der Waals surface area (Å²) < 4.78 is 22.4. The van der Waals surface area contributed by atoms with Gasteiger partial charge in [-0.1, -0.05) is 19.6 Å². The maximum Gasteiger partial charge on any atom is 0.513 e. The number of ether oxygens (including phenoxy) is 4. The molecule has 2 fully saturated rings. The molecule has 3 aliphatic rings. The van der Waals surface area contributed by atoms with E-state index in [0.29, 0.717) is 25.0 Å². The fraction of sp³-hybridized carbons (Fsp3) is 0.684. The van der Waals surface area contributed by atoms with Crippen molar-refractivity contribution in [3.63, 3.8) is 0 Å². The summed E-state index contributed by atoms with van der Waals surface area (Å²) in [7, 11) is 0. The largest absolute Gasteiger partial charge is 0.513 e. The van der Waals surface area contributed by atoms with Crippen LogP contribution in [0, 0.1) is 11.3 Å². The van der Waals surface area contributed by atoms with E-state index in [-0.39, 0.29) is 30.5 Å². The summed E-state index contributed by atoms with van der Waals surface area (Å²) in [5.74, 6) is -0.134. The minimum atomic E-state index is -0.750. The first-order chi connectivity index (χ1) is 11.7. The Labute approximate surface area is 148 Å². The quantitative estimate of drug-likeness (QED) is 0.573. The summed E-state index contributed by atoms with van der Waals surface area (Å²) >= 11 is 0. The average molecular weight is 350 g/mol. The summed E-state index contributed by atoms with van der Waals surface area (Å²) in [6.45, 7) is 11.2. The lowest BCUT2D eigenvalue weighted by Gasteiger charge is -2.48. The molecule has 0 aromatic heterocycles. The molecule has 1 saturated heterocycles. The lowest BCUT2D eigenvalue weighted by Crippen LogP contribution is -2.54. The molecule has 0 aromatic rings. The van der Waals surface area contributed by atoms with Crippen molar-refractivity contribution in [1.29, 1.82) is 0 Å². The molecular weight excluding hydrogens is 324 g/mol. The molecule has 1 aliphatic heterocycles. The van der Waals surface area contributed by atoms with Crippen molar-refractivity contribution < 1.29 is 28.5 Å². The Morgan fingerprint density at radius 1 is 1.36 bits per heavy atom. The Morgan fingerprint density at radius 2 is 2.08 bits per heavy atom. The maximum absolute atomic E-state index is 12.8. The molecule has 2 aliphatic carbocycles. The van der Waals surface area contributed by atoms with Crippen molar-refractivity contribution in [2.24, 2.45) is 11.3 Å². The first-order valence-electron chi connectivity index (χ1n) is 8.72. The van der Waals surface area contributed by atoms with Crippen molar-refractivity contribution in [1.82, 2.24) is 0 Å². The number of Topliss-reactive ketones (excluding diaryl/α,β-unsaturated/α-hetero) is 1. The standard InChI is InChI=1S/C19H26O6/c1-6-9-22-17(21)23-12-7-8-19(5)14(20)10-13-16(15(19)11(12)2)25-18(3,4)24-13/h6,13,15-16H,1,7-10H2,2-5H3/t13-,15-,16+,19-/m0/s1. The van der Waals surface area contributed by atoms with E-state index in [0.717, 1.165) is 5.57 Å². The Kier molecular flexibility index (Phi) is 4.54. The summed E-state index contributed by atoms with van der Waals surface area (Å²) in [5.41, 5.74) is 0.348. The van der Waals surface area contributed by atoms with Gasteiger partial charge in [-0.05, 0) is 32.8 Å². The van der Waals surface area contributed by atoms with Crippen LogP contribution in [0.15, 0.2) is 24.0 Å². The molecule has 4 atom stereocenters. The number of carbonyl (C=O) groups excluding carboxylic acids is 2. The first kappa shape index (κ1) is 18.1. The molecule has 1 heterocycles. The van der Waals surface area contributed by atoms with Crippen LogP contribution in [0.3, 0.4) is 0 Å². The Morgan fingerprint density at radius 3 is 2.76 bits per heavy atom. The van der Waals surface area contributed by atoms with E-state index in [1.165, 1.54) is 6.08 Å².